The molecule has 2 N–H and O–H groups in total. The minimum atomic E-state index is -0.125. The van der Waals surface area contributed by atoms with E-state index in [1.807, 2.05) is 45.2 Å². The number of carbonyl (C=O) groups excluding carboxylic acids is 1. The minimum Gasteiger partial charge on any atom is -0.369 e. The lowest BCUT2D eigenvalue weighted by Gasteiger charge is -2.09. The molecule has 0 aliphatic heterocycles. The third-order valence-electron chi connectivity index (χ3n) is 2.17. The number of carbonyl (C=O) groups is 1. The van der Waals surface area contributed by atoms with Crippen LogP contribution in [0.25, 0.3) is 0 Å². The van der Waals surface area contributed by atoms with Gasteiger partial charge < -0.3 is 15.4 Å². The second kappa shape index (κ2) is 7.04. The number of rotatable bonds is 6. The van der Waals surface area contributed by atoms with E-state index < -0.39 is 0 Å². The maximum Gasteiger partial charge on any atom is 0.250 e. The van der Waals surface area contributed by atoms with E-state index in [0.717, 1.165) is 12.2 Å². The molecule has 0 heterocycles. The van der Waals surface area contributed by atoms with Crippen molar-refractivity contribution in [1.82, 2.24) is 5.32 Å². The van der Waals surface area contributed by atoms with Gasteiger partial charge in [-0.1, -0.05) is 12.1 Å². The SMILES string of the molecule is CNCc1ccc(NC(=O)COC(C)C)cc1. The van der Waals surface area contributed by atoms with Crippen LogP contribution in [-0.4, -0.2) is 25.7 Å². The smallest absolute Gasteiger partial charge is 0.250 e. The highest BCUT2D eigenvalue weighted by molar-refractivity contribution is 5.91. The first-order valence-corrected chi connectivity index (χ1v) is 5.77. The number of nitrogens with one attached hydrogen (secondary N) is 2. The van der Waals surface area contributed by atoms with E-state index in [2.05, 4.69) is 10.6 Å². The fourth-order valence-corrected chi connectivity index (χ4v) is 1.35. The fraction of sp³-hybridized carbons (Fsp3) is 0.462. The normalized spacial score (nSPS) is 10.6. The molecule has 0 aromatic heterocycles. The maximum absolute atomic E-state index is 11.5. The molecule has 1 aromatic rings. The highest BCUT2D eigenvalue weighted by Gasteiger charge is 2.03. The lowest BCUT2D eigenvalue weighted by atomic mass is 10.2. The maximum atomic E-state index is 11.5. The highest BCUT2D eigenvalue weighted by Crippen LogP contribution is 2.09. The molecule has 0 aliphatic carbocycles. The van der Waals surface area contributed by atoms with E-state index in [-0.39, 0.29) is 18.6 Å². The van der Waals surface area contributed by atoms with Crippen LogP contribution < -0.4 is 10.6 Å². The van der Waals surface area contributed by atoms with Crippen LogP contribution in [0.5, 0.6) is 0 Å². The van der Waals surface area contributed by atoms with Crippen LogP contribution in [-0.2, 0) is 16.1 Å². The number of amides is 1. The van der Waals surface area contributed by atoms with Crippen molar-refractivity contribution in [1.29, 1.82) is 0 Å². The van der Waals surface area contributed by atoms with Gasteiger partial charge in [0, 0.05) is 12.2 Å². The third kappa shape index (κ3) is 5.47. The Morgan fingerprint density at radius 2 is 1.94 bits per heavy atom. The number of benzene rings is 1. The van der Waals surface area contributed by atoms with E-state index in [4.69, 9.17) is 4.74 Å². The van der Waals surface area contributed by atoms with Crippen LogP contribution in [0, 0.1) is 0 Å². The van der Waals surface area contributed by atoms with E-state index in [1.54, 1.807) is 0 Å². The monoisotopic (exact) mass is 236 g/mol. The Balaban J connectivity index is 2.43. The predicted octanol–water partition coefficient (Wildman–Crippen LogP) is 1.77. The molecule has 0 unspecified atom stereocenters. The van der Waals surface area contributed by atoms with Gasteiger partial charge in [-0.05, 0) is 38.6 Å². The van der Waals surface area contributed by atoms with Crippen molar-refractivity contribution in [3.63, 3.8) is 0 Å². The summed E-state index contributed by atoms with van der Waals surface area (Å²) in [5.74, 6) is -0.125. The van der Waals surface area contributed by atoms with Crippen LogP contribution in [0.4, 0.5) is 5.69 Å². The Kier molecular flexibility index (Phi) is 5.66. The molecule has 17 heavy (non-hydrogen) atoms. The van der Waals surface area contributed by atoms with Crippen LogP contribution in [0.2, 0.25) is 0 Å². The topological polar surface area (TPSA) is 50.4 Å². The summed E-state index contributed by atoms with van der Waals surface area (Å²) in [7, 11) is 1.90. The molecule has 0 aliphatic rings. The molecule has 0 saturated carbocycles. The Labute approximate surface area is 102 Å². The predicted molar refractivity (Wildman–Crippen MR) is 68.9 cm³/mol. The molecule has 4 heteroatoms. The number of ether oxygens (including phenoxy) is 1. The van der Waals surface area contributed by atoms with Gasteiger partial charge in [-0.2, -0.15) is 0 Å². The van der Waals surface area contributed by atoms with Crippen LogP contribution in [0.3, 0.4) is 0 Å². The molecule has 4 nitrogen and oxygen atoms in total. The van der Waals surface area contributed by atoms with Gasteiger partial charge in [-0.3, -0.25) is 4.79 Å². The van der Waals surface area contributed by atoms with Crippen LogP contribution in [0.1, 0.15) is 19.4 Å². The first kappa shape index (κ1) is 13.7. The summed E-state index contributed by atoms with van der Waals surface area (Å²) in [6.45, 7) is 4.72. The average molecular weight is 236 g/mol. The molecular formula is C13H20N2O2. The molecule has 0 spiro atoms. The fourth-order valence-electron chi connectivity index (χ4n) is 1.35. The molecule has 0 radical (unpaired) electrons. The quantitative estimate of drug-likeness (QED) is 0.791. The molecule has 94 valence electrons. The molecule has 0 atom stereocenters. The molecule has 0 saturated heterocycles. The Morgan fingerprint density at radius 3 is 2.47 bits per heavy atom. The van der Waals surface area contributed by atoms with Crippen molar-refractivity contribution in [2.24, 2.45) is 0 Å². The van der Waals surface area contributed by atoms with Crippen molar-refractivity contribution in [2.45, 2.75) is 26.5 Å². The minimum absolute atomic E-state index is 0.0683. The second-order valence-corrected chi connectivity index (χ2v) is 4.14. The Bertz CT molecular complexity index is 347. The standard InChI is InChI=1S/C13H20N2O2/c1-10(2)17-9-13(16)15-12-6-4-11(5-7-12)8-14-3/h4-7,10,14H,8-9H2,1-3H3,(H,15,16). The number of hydrogen-bond donors (Lipinski definition) is 2. The van der Waals surface area contributed by atoms with Crippen molar-refractivity contribution < 1.29 is 9.53 Å². The lowest BCUT2D eigenvalue weighted by Crippen LogP contribution is -2.20. The summed E-state index contributed by atoms with van der Waals surface area (Å²) < 4.78 is 5.22. The third-order valence-corrected chi connectivity index (χ3v) is 2.17. The summed E-state index contributed by atoms with van der Waals surface area (Å²) in [4.78, 5) is 11.5. The lowest BCUT2D eigenvalue weighted by molar-refractivity contribution is -0.121. The summed E-state index contributed by atoms with van der Waals surface area (Å²) in [5.41, 5.74) is 1.98. The molecule has 0 fully saturated rings. The summed E-state index contributed by atoms with van der Waals surface area (Å²) in [5, 5.41) is 5.85. The van der Waals surface area contributed by atoms with Gasteiger partial charge in [0.05, 0.1) is 6.10 Å². The summed E-state index contributed by atoms with van der Waals surface area (Å²) in [6.07, 6.45) is 0.0683. The molecule has 1 rings (SSSR count). The van der Waals surface area contributed by atoms with Crippen molar-refractivity contribution >= 4 is 11.6 Å². The first-order chi connectivity index (χ1) is 8.11. The van der Waals surface area contributed by atoms with Gasteiger partial charge in [-0.25, -0.2) is 0 Å². The van der Waals surface area contributed by atoms with Crippen molar-refractivity contribution in [3.05, 3.63) is 29.8 Å². The molecule has 0 bridgehead atoms. The number of anilines is 1. The van der Waals surface area contributed by atoms with E-state index >= 15 is 0 Å². The number of hydrogen-bond acceptors (Lipinski definition) is 3. The second-order valence-electron chi connectivity index (χ2n) is 4.14. The summed E-state index contributed by atoms with van der Waals surface area (Å²) in [6, 6.07) is 7.74. The van der Waals surface area contributed by atoms with E-state index in [0.29, 0.717) is 0 Å². The van der Waals surface area contributed by atoms with Crippen molar-refractivity contribution in [3.8, 4) is 0 Å². The van der Waals surface area contributed by atoms with Gasteiger partial charge in [-0.15, -0.1) is 0 Å². The molecule has 1 aromatic carbocycles. The van der Waals surface area contributed by atoms with Crippen LogP contribution in [0.15, 0.2) is 24.3 Å². The first-order valence-electron chi connectivity index (χ1n) is 5.77. The zero-order valence-electron chi connectivity index (χ0n) is 10.6. The zero-order chi connectivity index (χ0) is 12.7. The van der Waals surface area contributed by atoms with E-state index in [1.165, 1.54) is 5.56 Å². The van der Waals surface area contributed by atoms with Gasteiger partial charge in [0.25, 0.3) is 0 Å². The van der Waals surface area contributed by atoms with Gasteiger partial charge in [0.2, 0.25) is 5.91 Å². The van der Waals surface area contributed by atoms with Crippen LogP contribution >= 0.6 is 0 Å². The van der Waals surface area contributed by atoms with Crippen molar-refractivity contribution in [2.75, 3.05) is 19.0 Å². The summed E-state index contributed by atoms with van der Waals surface area (Å²) >= 11 is 0. The largest absolute Gasteiger partial charge is 0.369 e. The van der Waals surface area contributed by atoms with E-state index in [9.17, 15) is 4.79 Å². The highest BCUT2D eigenvalue weighted by atomic mass is 16.5. The average Bonchev–Trinajstić information content (AvgIpc) is 2.29. The van der Waals surface area contributed by atoms with Gasteiger partial charge in [0.1, 0.15) is 6.61 Å². The van der Waals surface area contributed by atoms with Gasteiger partial charge >= 0.3 is 0 Å². The molecule has 1 amide bonds. The molecular weight excluding hydrogens is 216 g/mol. The Hall–Kier alpha value is -1.39. The Morgan fingerprint density at radius 1 is 1.29 bits per heavy atom. The van der Waals surface area contributed by atoms with Gasteiger partial charge in [0.15, 0.2) is 0 Å². The zero-order valence-corrected chi connectivity index (χ0v) is 10.6.